The molecule has 1 atom stereocenters. The highest BCUT2D eigenvalue weighted by Gasteiger charge is 2.26. The standard InChI is InChI=1S/C27H23N2O/c1-16-7-8-21-20-5-3-4-6-22(20)29-23-14-19(18-10-12-30-15-18)13-17-9-11-28(2)27(25(17)23)24(16)26(21)29/h3-9,11,13-14,18H,10,12,15H2,1-2H3/q+1. The van der Waals surface area contributed by atoms with E-state index < -0.39 is 0 Å². The maximum Gasteiger partial charge on any atom is 0.224 e. The minimum atomic E-state index is 0.485. The van der Waals surface area contributed by atoms with Crippen molar-refractivity contribution >= 4 is 49.0 Å². The Balaban J connectivity index is 1.83. The van der Waals surface area contributed by atoms with Crippen LogP contribution in [-0.2, 0) is 11.8 Å². The number of benzene rings is 3. The van der Waals surface area contributed by atoms with Crippen molar-refractivity contribution in [1.82, 2.24) is 4.40 Å². The van der Waals surface area contributed by atoms with Crippen molar-refractivity contribution in [3.63, 3.8) is 0 Å². The van der Waals surface area contributed by atoms with Crippen LogP contribution < -0.4 is 4.57 Å². The van der Waals surface area contributed by atoms with E-state index in [2.05, 4.69) is 83.7 Å². The summed E-state index contributed by atoms with van der Waals surface area (Å²) in [5.41, 5.74) is 8.00. The normalized spacial score (nSPS) is 17.5. The zero-order chi connectivity index (χ0) is 20.0. The lowest BCUT2D eigenvalue weighted by Gasteiger charge is -2.16. The fraction of sp³-hybridized carbons (Fsp3) is 0.222. The third kappa shape index (κ3) is 1.96. The molecule has 4 heterocycles. The Morgan fingerprint density at radius 2 is 1.87 bits per heavy atom. The number of para-hydroxylation sites is 1. The predicted octanol–water partition coefficient (Wildman–Crippen LogP) is 5.63. The average molecular weight is 391 g/mol. The average Bonchev–Trinajstić information content (AvgIpc) is 3.41. The molecule has 3 aromatic carbocycles. The maximum atomic E-state index is 5.73. The van der Waals surface area contributed by atoms with Gasteiger partial charge in [-0.15, -0.1) is 0 Å². The number of aromatic nitrogens is 2. The van der Waals surface area contributed by atoms with Gasteiger partial charge in [0, 0.05) is 29.4 Å². The summed E-state index contributed by atoms with van der Waals surface area (Å²) in [5, 5.41) is 6.70. The van der Waals surface area contributed by atoms with E-state index in [1.54, 1.807) is 0 Å². The first-order chi connectivity index (χ1) is 14.7. The molecule has 0 saturated carbocycles. The fourth-order valence-electron chi connectivity index (χ4n) is 5.72. The molecule has 0 bridgehead atoms. The summed E-state index contributed by atoms with van der Waals surface area (Å²) in [6.45, 7) is 3.94. The second-order valence-corrected chi connectivity index (χ2v) is 8.85. The lowest BCUT2D eigenvalue weighted by molar-refractivity contribution is -0.643. The molecule has 3 nitrogen and oxygen atoms in total. The minimum absolute atomic E-state index is 0.485. The van der Waals surface area contributed by atoms with Crippen molar-refractivity contribution in [2.45, 2.75) is 19.3 Å². The quantitative estimate of drug-likeness (QED) is 0.202. The van der Waals surface area contributed by atoms with Gasteiger partial charge >= 0.3 is 0 Å². The summed E-state index contributed by atoms with van der Waals surface area (Å²) in [6, 6.07) is 20.5. The molecule has 1 unspecified atom stereocenters. The first-order valence-corrected chi connectivity index (χ1v) is 10.8. The highest BCUT2D eigenvalue weighted by atomic mass is 16.5. The monoisotopic (exact) mass is 391 g/mol. The molecular weight excluding hydrogens is 368 g/mol. The van der Waals surface area contributed by atoms with Gasteiger partial charge in [0.2, 0.25) is 5.52 Å². The molecule has 7 rings (SSSR count). The number of aryl methyl sites for hydroxylation is 2. The smallest absolute Gasteiger partial charge is 0.224 e. The van der Waals surface area contributed by atoms with Gasteiger partial charge < -0.3 is 9.14 Å². The van der Waals surface area contributed by atoms with Crippen molar-refractivity contribution in [3.8, 4) is 0 Å². The van der Waals surface area contributed by atoms with Crippen LogP contribution in [-0.4, -0.2) is 17.6 Å². The third-order valence-corrected chi connectivity index (χ3v) is 7.16. The SMILES string of the molecule is Cc1ccc2c3ccccc3n3c4cc(C5CCOC5)cc5cc[n+](C)c(c1c23)c54. The summed E-state index contributed by atoms with van der Waals surface area (Å²) in [7, 11) is 2.17. The van der Waals surface area contributed by atoms with Gasteiger partial charge in [-0.1, -0.05) is 36.4 Å². The molecule has 6 aromatic rings. The molecule has 3 heteroatoms. The highest BCUT2D eigenvalue weighted by Crippen LogP contribution is 2.41. The number of nitrogens with zero attached hydrogens (tertiary/aromatic N) is 2. The van der Waals surface area contributed by atoms with Gasteiger partial charge in [-0.05, 0) is 42.0 Å². The van der Waals surface area contributed by atoms with Crippen LogP contribution in [0.2, 0.25) is 0 Å². The van der Waals surface area contributed by atoms with Crippen molar-refractivity contribution in [1.29, 1.82) is 0 Å². The van der Waals surface area contributed by atoms with Crippen LogP contribution in [0.4, 0.5) is 0 Å². The van der Waals surface area contributed by atoms with E-state index in [9.17, 15) is 0 Å². The lowest BCUT2D eigenvalue weighted by atomic mass is 9.93. The fourth-order valence-corrected chi connectivity index (χ4v) is 5.72. The van der Waals surface area contributed by atoms with Crippen molar-refractivity contribution < 1.29 is 9.30 Å². The Kier molecular flexibility index (Phi) is 3.16. The molecule has 30 heavy (non-hydrogen) atoms. The topological polar surface area (TPSA) is 17.5 Å². The van der Waals surface area contributed by atoms with Crippen LogP contribution >= 0.6 is 0 Å². The van der Waals surface area contributed by atoms with E-state index in [1.165, 1.54) is 60.1 Å². The molecular formula is C27H23N2O+. The lowest BCUT2D eigenvalue weighted by Crippen LogP contribution is -2.29. The Bertz CT molecular complexity index is 1620. The molecule has 0 N–H and O–H groups in total. The molecule has 0 amide bonds. The third-order valence-electron chi connectivity index (χ3n) is 7.16. The van der Waals surface area contributed by atoms with Crippen LogP contribution in [0.5, 0.6) is 0 Å². The van der Waals surface area contributed by atoms with E-state index in [1.807, 2.05) is 0 Å². The highest BCUT2D eigenvalue weighted by molar-refractivity contribution is 6.25. The zero-order valence-electron chi connectivity index (χ0n) is 17.3. The maximum absolute atomic E-state index is 5.73. The summed E-state index contributed by atoms with van der Waals surface area (Å²) >= 11 is 0. The number of pyridine rings is 2. The number of hydrogen-bond donors (Lipinski definition) is 0. The van der Waals surface area contributed by atoms with E-state index in [-0.39, 0.29) is 0 Å². The molecule has 1 aliphatic heterocycles. The summed E-state index contributed by atoms with van der Waals surface area (Å²) in [6.07, 6.45) is 3.32. The van der Waals surface area contributed by atoms with Gasteiger partial charge in [-0.3, -0.25) is 0 Å². The molecule has 146 valence electrons. The van der Waals surface area contributed by atoms with Crippen molar-refractivity contribution in [2.24, 2.45) is 7.05 Å². The summed E-state index contributed by atoms with van der Waals surface area (Å²) < 4.78 is 10.5. The van der Waals surface area contributed by atoms with E-state index in [0.29, 0.717) is 5.92 Å². The zero-order valence-corrected chi connectivity index (χ0v) is 17.3. The number of fused-ring (bicyclic) bond motifs is 5. The number of rotatable bonds is 1. The predicted molar refractivity (Wildman–Crippen MR) is 123 cm³/mol. The van der Waals surface area contributed by atoms with Crippen LogP contribution in [0.3, 0.4) is 0 Å². The van der Waals surface area contributed by atoms with Gasteiger partial charge in [0.15, 0.2) is 6.20 Å². The number of hydrogen-bond acceptors (Lipinski definition) is 1. The molecule has 0 spiro atoms. The van der Waals surface area contributed by atoms with Crippen molar-refractivity contribution in [3.05, 3.63) is 71.9 Å². The molecule has 1 saturated heterocycles. The van der Waals surface area contributed by atoms with Crippen LogP contribution in [0, 0.1) is 6.92 Å². The summed E-state index contributed by atoms with van der Waals surface area (Å²) in [5.74, 6) is 0.485. The van der Waals surface area contributed by atoms with Gasteiger partial charge in [0.05, 0.1) is 33.9 Å². The number of ether oxygens (including phenoxy) is 1. The first kappa shape index (κ1) is 16.6. The van der Waals surface area contributed by atoms with Gasteiger partial charge in [0.1, 0.15) is 7.05 Å². The Morgan fingerprint density at radius 1 is 0.967 bits per heavy atom. The Labute approximate surface area is 174 Å². The van der Waals surface area contributed by atoms with E-state index in [4.69, 9.17) is 4.74 Å². The molecule has 0 aliphatic carbocycles. The largest absolute Gasteiger partial charge is 0.381 e. The molecule has 1 aliphatic rings. The van der Waals surface area contributed by atoms with Crippen LogP contribution in [0.25, 0.3) is 49.0 Å². The van der Waals surface area contributed by atoms with Gasteiger partial charge in [-0.25, -0.2) is 4.57 Å². The molecule has 3 aromatic heterocycles. The van der Waals surface area contributed by atoms with Crippen LogP contribution in [0.15, 0.2) is 60.8 Å². The second-order valence-electron chi connectivity index (χ2n) is 8.85. The Hall–Kier alpha value is -3.17. The first-order valence-electron chi connectivity index (χ1n) is 10.8. The Morgan fingerprint density at radius 3 is 2.73 bits per heavy atom. The van der Waals surface area contributed by atoms with Gasteiger partial charge in [-0.2, -0.15) is 0 Å². The van der Waals surface area contributed by atoms with Crippen LogP contribution in [0.1, 0.15) is 23.5 Å². The molecule has 1 fully saturated rings. The summed E-state index contributed by atoms with van der Waals surface area (Å²) in [4.78, 5) is 0. The molecule has 0 radical (unpaired) electrons. The van der Waals surface area contributed by atoms with E-state index >= 15 is 0 Å². The minimum Gasteiger partial charge on any atom is -0.381 e. The van der Waals surface area contributed by atoms with E-state index in [0.717, 1.165) is 19.6 Å². The second kappa shape index (κ2) is 5.71. The van der Waals surface area contributed by atoms with Gasteiger partial charge in [0.25, 0.3) is 0 Å². The van der Waals surface area contributed by atoms with Crippen molar-refractivity contribution in [2.75, 3.05) is 13.2 Å².